The Labute approximate surface area is 123 Å². The number of amides is 1. The van der Waals surface area contributed by atoms with E-state index in [4.69, 9.17) is 4.42 Å². The molecule has 3 nitrogen and oxygen atoms in total. The molecule has 1 aromatic heterocycles. The van der Waals surface area contributed by atoms with Crippen molar-refractivity contribution < 1.29 is 9.21 Å². The summed E-state index contributed by atoms with van der Waals surface area (Å²) in [5, 5.41) is 3.90. The van der Waals surface area contributed by atoms with Gasteiger partial charge in [-0.3, -0.25) is 4.79 Å². The minimum absolute atomic E-state index is 0.0642. The highest BCUT2D eigenvalue weighted by Crippen LogP contribution is 2.20. The van der Waals surface area contributed by atoms with Gasteiger partial charge in [-0.1, -0.05) is 48.0 Å². The second-order valence-corrected chi connectivity index (χ2v) is 5.26. The SMILES string of the molecule is Cc1cccc(C(C)NC(=O)c2cc3ccccc3o2)c1. The third-order valence-electron chi connectivity index (χ3n) is 3.54. The van der Waals surface area contributed by atoms with Crippen LogP contribution in [-0.2, 0) is 0 Å². The van der Waals surface area contributed by atoms with Gasteiger partial charge >= 0.3 is 0 Å². The molecule has 0 saturated heterocycles. The van der Waals surface area contributed by atoms with Gasteiger partial charge < -0.3 is 9.73 Å². The van der Waals surface area contributed by atoms with Crippen molar-refractivity contribution in [3.63, 3.8) is 0 Å². The molecule has 0 aliphatic heterocycles. The Morgan fingerprint density at radius 2 is 1.90 bits per heavy atom. The lowest BCUT2D eigenvalue weighted by molar-refractivity contribution is 0.0914. The molecule has 2 aromatic carbocycles. The Morgan fingerprint density at radius 3 is 2.67 bits per heavy atom. The highest BCUT2D eigenvalue weighted by Gasteiger charge is 2.15. The van der Waals surface area contributed by atoms with E-state index >= 15 is 0 Å². The lowest BCUT2D eigenvalue weighted by atomic mass is 10.1. The molecule has 3 rings (SSSR count). The van der Waals surface area contributed by atoms with Gasteiger partial charge in [0.1, 0.15) is 5.58 Å². The minimum Gasteiger partial charge on any atom is -0.451 e. The van der Waals surface area contributed by atoms with E-state index in [9.17, 15) is 4.79 Å². The predicted molar refractivity (Wildman–Crippen MR) is 83.3 cm³/mol. The number of rotatable bonds is 3. The zero-order valence-corrected chi connectivity index (χ0v) is 12.1. The van der Waals surface area contributed by atoms with Crippen LogP contribution >= 0.6 is 0 Å². The number of benzene rings is 2. The number of carbonyl (C=O) groups is 1. The number of aryl methyl sites for hydroxylation is 1. The molecule has 1 unspecified atom stereocenters. The topological polar surface area (TPSA) is 42.2 Å². The molecule has 0 aliphatic carbocycles. The van der Waals surface area contributed by atoms with Crippen molar-refractivity contribution in [3.8, 4) is 0 Å². The van der Waals surface area contributed by atoms with E-state index < -0.39 is 0 Å². The summed E-state index contributed by atoms with van der Waals surface area (Å²) in [6.45, 7) is 4.01. The van der Waals surface area contributed by atoms with E-state index in [1.165, 1.54) is 5.56 Å². The Balaban J connectivity index is 1.79. The highest BCUT2D eigenvalue weighted by atomic mass is 16.3. The van der Waals surface area contributed by atoms with Crippen molar-refractivity contribution >= 4 is 16.9 Å². The first-order valence-electron chi connectivity index (χ1n) is 6.99. The zero-order valence-electron chi connectivity index (χ0n) is 12.1. The Morgan fingerprint density at radius 1 is 1.10 bits per heavy atom. The summed E-state index contributed by atoms with van der Waals surface area (Å²) in [6, 6.07) is 17.4. The first-order valence-corrected chi connectivity index (χ1v) is 6.99. The lowest BCUT2D eigenvalue weighted by Crippen LogP contribution is -2.26. The summed E-state index contributed by atoms with van der Waals surface area (Å²) in [5.74, 6) is 0.149. The molecular weight excluding hydrogens is 262 g/mol. The van der Waals surface area contributed by atoms with Crippen LogP contribution < -0.4 is 5.32 Å². The number of carbonyl (C=O) groups excluding carboxylic acids is 1. The predicted octanol–water partition coefficient (Wildman–Crippen LogP) is 4.23. The lowest BCUT2D eigenvalue weighted by Gasteiger charge is -2.13. The molecule has 3 aromatic rings. The molecule has 0 saturated carbocycles. The van der Waals surface area contributed by atoms with Crippen molar-refractivity contribution in [2.24, 2.45) is 0 Å². The van der Waals surface area contributed by atoms with Crippen LogP contribution in [0.15, 0.2) is 59.0 Å². The molecule has 0 fully saturated rings. The summed E-state index contributed by atoms with van der Waals surface area (Å²) in [7, 11) is 0. The fourth-order valence-corrected chi connectivity index (χ4v) is 2.38. The number of nitrogens with one attached hydrogen (secondary N) is 1. The van der Waals surface area contributed by atoms with Gasteiger partial charge in [-0.05, 0) is 31.5 Å². The highest BCUT2D eigenvalue weighted by molar-refractivity contribution is 5.96. The van der Waals surface area contributed by atoms with Crippen LogP contribution in [0.3, 0.4) is 0 Å². The second kappa shape index (κ2) is 5.44. The van der Waals surface area contributed by atoms with E-state index in [1.54, 1.807) is 6.07 Å². The second-order valence-electron chi connectivity index (χ2n) is 5.26. The van der Waals surface area contributed by atoms with E-state index in [2.05, 4.69) is 11.4 Å². The fourth-order valence-electron chi connectivity index (χ4n) is 2.38. The maximum absolute atomic E-state index is 12.3. The number of hydrogen-bond donors (Lipinski definition) is 1. The molecule has 1 atom stereocenters. The van der Waals surface area contributed by atoms with Gasteiger partial charge in [-0.2, -0.15) is 0 Å². The van der Waals surface area contributed by atoms with Crippen LogP contribution in [0.1, 0.15) is 34.6 Å². The first-order chi connectivity index (χ1) is 10.1. The number of hydrogen-bond acceptors (Lipinski definition) is 2. The summed E-state index contributed by atoms with van der Waals surface area (Å²) < 4.78 is 5.58. The molecular formula is C18H17NO2. The molecule has 0 spiro atoms. The number of furan rings is 1. The number of fused-ring (bicyclic) bond motifs is 1. The van der Waals surface area contributed by atoms with E-state index in [0.29, 0.717) is 5.76 Å². The summed E-state index contributed by atoms with van der Waals surface area (Å²) in [5.41, 5.74) is 2.99. The average Bonchev–Trinajstić information content (AvgIpc) is 2.91. The van der Waals surface area contributed by atoms with Crippen molar-refractivity contribution in [1.82, 2.24) is 5.32 Å². The van der Waals surface area contributed by atoms with Crippen LogP contribution in [0, 0.1) is 6.92 Å². The molecule has 1 amide bonds. The normalized spacial score (nSPS) is 12.3. The molecule has 0 radical (unpaired) electrons. The first kappa shape index (κ1) is 13.4. The minimum atomic E-state index is -0.194. The summed E-state index contributed by atoms with van der Waals surface area (Å²) >= 11 is 0. The smallest absolute Gasteiger partial charge is 0.287 e. The van der Waals surface area contributed by atoms with Crippen LogP contribution in [0.5, 0.6) is 0 Å². The fraction of sp³-hybridized carbons (Fsp3) is 0.167. The summed E-state index contributed by atoms with van der Waals surface area (Å²) in [6.07, 6.45) is 0. The molecule has 106 valence electrons. The van der Waals surface area contributed by atoms with Crippen molar-refractivity contribution in [1.29, 1.82) is 0 Å². The van der Waals surface area contributed by atoms with E-state index in [1.807, 2.05) is 56.3 Å². The average molecular weight is 279 g/mol. The molecule has 1 heterocycles. The molecule has 21 heavy (non-hydrogen) atoms. The third kappa shape index (κ3) is 2.82. The van der Waals surface area contributed by atoms with Gasteiger partial charge in [0.2, 0.25) is 0 Å². The van der Waals surface area contributed by atoms with Crippen LogP contribution in [0.4, 0.5) is 0 Å². The van der Waals surface area contributed by atoms with Gasteiger partial charge in [0, 0.05) is 5.39 Å². The van der Waals surface area contributed by atoms with E-state index in [0.717, 1.165) is 16.5 Å². The molecule has 1 N–H and O–H groups in total. The Hall–Kier alpha value is -2.55. The molecule has 0 bridgehead atoms. The molecule has 3 heteroatoms. The number of para-hydroxylation sites is 1. The summed E-state index contributed by atoms with van der Waals surface area (Å²) in [4.78, 5) is 12.3. The Bertz CT molecular complexity index is 756. The standard InChI is InChI=1S/C18H17NO2/c1-12-6-5-8-14(10-12)13(2)19-18(20)17-11-15-7-3-4-9-16(15)21-17/h3-11,13H,1-2H3,(H,19,20). The monoisotopic (exact) mass is 279 g/mol. The van der Waals surface area contributed by atoms with Crippen molar-refractivity contribution in [3.05, 3.63) is 71.5 Å². The maximum atomic E-state index is 12.3. The van der Waals surface area contributed by atoms with Crippen molar-refractivity contribution in [2.45, 2.75) is 19.9 Å². The van der Waals surface area contributed by atoms with Crippen LogP contribution in [0.2, 0.25) is 0 Å². The van der Waals surface area contributed by atoms with Crippen molar-refractivity contribution in [2.75, 3.05) is 0 Å². The zero-order chi connectivity index (χ0) is 14.8. The third-order valence-corrected chi connectivity index (χ3v) is 3.54. The van der Waals surface area contributed by atoms with Gasteiger partial charge in [-0.15, -0.1) is 0 Å². The van der Waals surface area contributed by atoms with Gasteiger partial charge in [0.05, 0.1) is 6.04 Å². The Kier molecular flexibility index (Phi) is 3.48. The van der Waals surface area contributed by atoms with Crippen LogP contribution in [-0.4, -0.2) is 5.91 Å². The van der Waals surface area contributed by atoms with Crippen LogP contribution in [0.25, 0.3) is 11.0 Å². The van der Waals surface area contributed by atoms with Gasteiger partial charge in [0.15, 0.2) is 5.76 Å². The maximum Gasteiger partial charge on any atom is 0.287 e. The largest absolute Gasteiger partial charge is 0.451 e. The van der Waals surface area contributed by atoms with Gasteiger partial charge in [0.25, 0.3) is 5.91 Å². The van der Waals surface area contributed by atoms with Gasteiger partial charge in [-0.25, -0.2) is 0 Å². The quantitative estimate of drug-likeness (QED) is 0.779. The molecule has 0 aliphatic rings. The van der Waals surface area contributed by atoms with E-state index in [-0.39, 0.29) is 11.9 Å².